The summed E-state index contributed by atoms with van der Waals surface area (Å²) in [6.45, 7) is 3.50. The van der Waals surface area contributed by atoms with E-state index in [0.29, 0.717) is 17.1 Å². The van der Waals surface area contributed by atoms with E-state index in [1.165, 1.54) is 6.92 Å². The van der Waals surface area contributed by atoms with Crippen LogP contribution in [0.1, 0.15) is 35.9 Å². The molecule has 0 aliphatic rings. The molecule has 2 aromatic carbocycles. The molecule has 3 heteroatoms. The third kappa shape index (κ3) is 3.18. The monoisotopic (exact) mass is 270 g/mol. The molecule has 20 heavy (non-hydrogen) atoms. The van der Waals surface area contributed by atoms with Gasteiger partial charge in [0.15, 0.2) is 17.3 Å². The van der Waals surface area contributed by atoms with Gasteiger partial charge in [-0.3, -0.25) is 4.79 Å². The van der Waals surface area contributed by atoms with Crippen molar-refractivity contribution < 1.29 is 14.3 Å². The van der Waals surface area contributed by atoms with Crippen molar-refractivity contribution in [3.63, 3.8) is 0 Å². The minimum Gasteiger partial charge on any atom is -0.493 e. The molecular weight excluding hydrogens is 252 g/mol. The lowest BCUT2D eigenvalue weighted by Gasteiger charge is -2.17. The fourth-order valence-corrected chi connectivity index (χ4v) is 1.97. The van der Waals surface area contributed by atoms with Crippen molar-refractivity contribution in [2.75, 3.05) is 7.11 Å². The van der Waals surface area contributed by atoms with Gasteiger partial charge in [-0.05, 0) is 37.6 Å². The van der Waals surface area contributed by atoms with E-state index in [1.54, 1.807) is 25.3 Å². The Bertz CT molecular complexity index is 590. The molecule has 0 fully saturated rings. The summed E-state index contributed by atoms with van der Waals surface area (Å²) < 4.78 is 11.2. The molecule has 0 heterocycles. The fourth-order valence-electron chi connectivity index (χ4n) is 1.97. The molecule has 2 rings (SSSR count). The first-order chi connectivity index (χ1) is 9.61. The topological polar surface area (TPSA) is 35.5 Å². The molecule has 0 aliphatic carbocycles. The van der Waals surface area contributed by atoms with Crippen LogP contribution >= 0.6 is 0 Å². The number of Topliss-reactive ketones (excluding diaryl/α,β-unsaturated/α-hetero) is 1. The molecule has 0 N–H and O–H groups in total. The standard InChI is InChI=1S/C17H18O3/c1-12(18)15-9-10-16(19-3)17(11-15)20-13(2)14-7-5-4-6-8-14/h4-11,13H,1-3H3. The van der Waals surface area contributed by atoms with Crippen molar-refractivity contribution in [1.29, 1.82) is 0 Å². The van der Waals surface area contributed by atoms with E-state index >= 15 is 0 Å². The SMILES string of the molecule is COc1ccc(C(C)=O)cc1OC(C)c1ccccc1. The Balaban J connectivity index is 2.27. The maximum atomic E-state index is 11.5. The Kier molecular flexibility index (Phi) is 4.41. The van der Waals surface area contributed by atoms with Gasteiger partial charge in [0.05, 0.1) is 7.11 Å². The van der Waals surface area contributed by atoms with Gasteiger partial charge in [0.25, 0.3) is 0 Å². The predicted octanol–water partition coefficient (Wildman–Crippen LogP) is 4.04. The van der Waals surface area contributed by atoms with E-state index in [9.17, 15) is 4.79 Å². The Morgan fingerprint density at radius 2 is 1.75 bits per heavy atom. The summed E-state index contributed by atoms with van der Waals surface area (Å²) in [6, 6.07) is 15.1. The zero-order valence-corrected chi connectivity index (χ0v) is 11.9. The van der Waals surface area contributed by atoms with Gasteiger partial charge in [0, 0.05) is 5.56 Å². The second-order valence-electron chi connectivity index (χ2n) is 4.59. The van der Waals surface area contributed by atoms with E-state index in [4.69, 9.17) is 9.47 Å². The summed E-state index contributed by atoms with van der Waals surface area (Å²) in [5, 5.41) is 0. The maximum absolute atomic E-state index is 11.5. The average Bonchev–Trinajstić information content (AvgIpc) is 2.48. The normalized spacial score (nSPS) is 11.8. The number of rotatable bonds is 5. The van der Waals surface area contributed by atoms with Crippen LogP contribution in [0.15, 0.2) is 48.5 Å². The molecule has 3 nitrogen and oxygen atoms in total. The minimum atomic E-state index is -0.118. The van der Waals surface area contributed by atoms with Crippen LogP contribution in [0, 0.1) is 0 Å². The van der Waals surface area contributed by atoms with Crippen molar-refractivity contribution in [2.24, 2.45) is 0 Å². The molecule has 2 aromatic rings. The highest BCUT2D eigenvalue weighted by Crippen LogP contribution is 2.32. The molecule has 0 aliphatic heterocycles. The zero-order chi connectivity index (χ0) is 14.5. The smallest absolute Gasteiger partial charge is 0.162 e. The summed E-state index contributed by atoms with van der Waals surface area (Å²) >= 11 is 0. The number of hydrogen-bond acceptors (Lipinski definition) is 3. The fraction of sp³-hybridized carbons (Fsp3) is 0.235. The van der Waals surface area contributed by atoms with Crippen LogP contribution in [0.3, 0.4) is 0 Å². The molecule has 0 spiro atoms. The highest BCUT2D eigenvalue weighted by Gasteiger charge is 2.13. The summed E-state index contributed by atoms with van der Waals surface area (Å²) in [4.78, 5) is 11.5. The lowest BCUT2D eigenvalue weighted by atomic mass is 10.1. The van der Waals surface area contributed by atoms with E-state index < -0.39 is 0 Å². The lowest BCUT2D eigenvalue weighted by Crippen LogP contribution is -2.05. The first-order valence-electron chi connectivity index (χ1n) is 6.52. The molecule has 0 saturated heterocycles. The Morgan fingerprint density at radius 3 is 2.35 bits per heavy atom. The second-order valence-corrected chi connectivity index (χ2v) is 4.59. The highest BCUT2D eigenvalue weighted by molar-refractivity contribution is 5.94. The molecule has 1 atom stereocenters. The van der Waals surface area contributed by atoms with Gasteiger partial charge in [-0.1, -0.05) is 30.3 Å². The molecular formula is C17H18O3. The summed E-state index contributed by atoms with van der Waals surface area (Å²) in [7, 11) is 1.59. The number of benzene rings is 2. The molecule has 0 bridgehead atoms. The predicted molar refractivity (Wildman–Crippen MR) is 78.5 cm³/mol. The zero-order valence-electron chi connectivity index (χ0n) is 11.9. The van der Waals surface area contributed by atoms with E-state index in [1.807, 2.05) is 37.3 Å². The Hall–Kier alpha value is -2.29. The van der Waals surface area contributed by atoms with Crippen LogP contribution in [-0.4, -0.2) is 12.9 Å². The third-order valence-corrected chi connectivity index (χ3v) is 3.14. The number of hydrogen-bond donors (Lipinski definition) is 0. The highest BCUT2D eigenvalue weighted by atomic mass is 16.5. The van der Waals surface area contributed by atoms with Crippen molar-refractivity contribution in [3.8, 4) is 11.5 Å². The Labute approximate surface area is 119 Å². The number of carbonyl (C=O) groups is 1. The molecule has 0 saturated carbocycles. The first-order valence-corrected chi connectivity index (χ1v) is 6.52. The first kappa shape index (κ1) is 14.1. The number of methoxy groups -OCH3 is 1. The average molecular weight is 270 g/mol. The van der Waals surface area contributed by atoms with Crippen LogP contribution < -0.4 is 9.47 Å². The lowest BCUT2D eigenvalue weighted by molar-refractivity contribution is 0.101. The number of ether oxygens (including phenoxy) is 2. The van der Waals surface area contributed by atoms with Crippen LogP contribution in [0.4, 0.5) is 0 Å². The van der Waals surface area contributed by atoms with Gasteiger partial charge in [-0.25, -0.2) is 0 Å². The van der Waals surface area contributed by atoms with Gasteiger partial charge in [0.1, 0.15) is 6.10 Å². The summed E-state index contributed by atoms with van der Waals surface area (Å²) in [6.07, 6.45) is -0.118. The van der Waals surface area contributed by atoms with Crippen molar-refractivity contribution in [1.82, 2.24) is 0 Å². The van der Waals surface area contributed by atoms with Crippen molar-refractivity contribution in [2.45, 2.75) is 20.0 Å². The van der Waals surface area contributed by atoms with Crippen LogP contribution in [0.25, 0.3) is 0 Å². The van der Waals surface area contributed by atoms with Crippen molar-refractivity contribution >= 4 is 5.78 Å². The van der Waals surface area contributed by atoms with E-state index in [0.717, 1.165) is 5.56 Å². The summed E-state index contributed by atoms with van der Waals surface area (Å²) in [5.74, 6) is 1.21. The minimum absolute atomic E-state index is 0.00451. The summed E-state index contributed by atoms with van der Waals surface area (Å²) in [5.41, 5.74) is 1.68. The van der Waals surface area contributed by atoms with Gasteiger partial charge in [0.2, 0.25) is 0 Å². The largest absolute Gasteiger partial charge is 0.493 e. The van der Waals surface area contributed by atoms with Crippen LogP contribution in [0.5, 0.6) is 11.5 Å². The Morgan fingerprint density at radius 1 is 1.05 bits per heavy atom. The van der Waals surface area contributed by atoms with Gasteiger partial charge in [-0.2, -0.15) is 0 Å². The second kappa shape index (κ2) is 6.24. The van der Waals surface area contributed by atoms with Crippen LogP contribution in [-0.2, 0) is 0 Å². The third-order valence-electron chi connectivity index (χ3n) is 3.14. The molecule has 0 amide bonds. The van der Waals surface area contributed by atoms with E-state index in [-0.39, 0.29) is 11.9 Å². The molecule has 1 unspecified atom stereocenters. The molecule has 0 aromatic heterocycles. The van der Waals surface area contributed by atoms with Crippen molar-refractivity contribution in [3.05, 3.63) is 59.7 Å². The van der Waals surface area contributed by atoms with Crippen LogP contribution in [0.2, 0.25) is 0 Å². The molecule has 104 valence electrons. The van der Waals surface area contributed by atoms with Gasteiger partial charge in [-0.15, -0.1) is 0 Å². The quantitative estimate of drug-likeness (QED) is 0.769. The maximum Gasteiger partial charge on any atom is 0.162 e. The number of ketones is 1. The van der Waals surface area contributed by atoms with Gasteiger partial charge < -0.3 is 9.47 Å². The number of carbonyl (C=O) groups excluding carboxylic acids is 1. The molecule has 0 radical (unpaired) electrons. The van der Waals surface area contributed by atoms with Gasteiger partial charge >= 0.3 is 0 Å². The van der Waals surface area contributed by atoms with E-state index in [2.05, 4.69) is 0 Å².